The van der Waals surface area contributed by atoms with Gasteiger partial charge in [-0.05, 0) is 41.9 Å². The fraction of sp³-hybridized carbons (Fsp3) is 0. The van der Waals surface area contributed by atoms with Crippen LogP contribution in [0.15, 0.2) is 48.5 Å². The van der Waals surface area contributed by atoms with Crippen molar-refractivity contribution in [3.63, 3.8) is 0 Å². The van der Waals surface area contributed by atoms with Crippen molar-refractivity contribution in [1.82, 2.24) is 5.32 Å². The summed E-state index contributed by atoms with van der Waals surface area (Å²) in [6.45, 7) is 0. The molecule has 1 amide bonds. The topological polar surface area (TPSA) is 78.4 Å². The highest BCUT2D eigenvalue weighted by atomic mass is 35.5. The molecule has 3 aromatic carbocycles. The molecule has 0 fully saturated rings. The molecule has 0 bridgehead atoms. The van der Waals surface area contributed by atoms with Crippen molar-refractivity contribution in [3.05, 3.63) is 74.7 Å². The third kappa shape index (κ3) is 4.20. The second-order valence-corrected chi connectivity index (χ2v) is 7.30. The van der Waals surface area contributed by atoms with E-state index in [1.54, 1.807) is 30.3 Å². The summed E-state index contributed by atoms with van der Waals surface area (Å²) < 4.78 is 0. The van der Waals surface area contributed by atoms with Gasteiger partial charge in [0.25, 0.3) is 5.91 Å². The third-order valence-electron chi connectivity index (χ3n) is 3.87. The van der Waals surface area contributed by atoms with Crippen LogP contribution in [0.5, 0.6) is 0 Å². The van der Waals surface area contributed by atoms with Gasteiger partial charge in [0.1, 0.15) is 0 Å². The molecule has 3 N–H and O–H groups in total. The molecule has 0 aliphatic carbocycles. The van der Waals surface area contributed by atoms with Gasteiger partial charge in [0.2, 0.25) is 0 Å². The lowest BCUT2D eigenvalue weighted by molar-refractivity contribution is 0.0696. The Morgan fingerprint density at radius 1 is 0.893 bits per heavy atom. The molecule has 28 heavy (non-hydrogen) atoms. The van der Waals surface area contributed by atoms with Crippen LogP contribution in [0.2, 0.25) is 15.1 Å². The first kappa shape index (κ1) is 20.4. The number of carbonyl (C=O) groups is 2. The summed E-state index contributed by atoms with van der Waals surface area (Å²) in [5, 5.41) is 16.3. The van der Waals surface area contributed by atoms with Crippen LogP contribution >= 0.6 is 47.0 Å². The van der Waals surface area contributed by atoms with E-state index in [0.717, 1.165) is 5.39 Å². The molecule has 142 valence electrons. The maximum absolute atomic E-state index is 12.7. The largest absolute Gasteiger partial charge is 0.478 e. The molecule has 0 atom stereocenters. The first-order chi connectivity index (χ1) is 13.3. The summed E-state index contributed by atoms with van der Waals surface area (Å²) in [6, 6.07) is 12.9. The molecule has 0 aliphatic heterocycles. The van der Waals surface area contributed by atoms with E-state index in [2.05, 4.69) is 10.6 Å². The molecule has 3 aromatic rings. The number of hydrogen-bond acceptors (Lipinski definition) is 3. The number of thiocarbonyl (C=S) groups is 1. The lowest BCUT2D eigenvalue weighted by atomic mass is 10.0. The van der Waals surface area contributed by atoms with Crippen LogP contribution in [-0.2, 0) is 0 Å². The number of hydrogen-bond donors (Lipinski definition) is 3. The number of carboxylic acids is 1. The molecule has 0 radical (unpaired) electrons. The van der Waals surface area contributed by atoms with Crippen molar-refractivity contribution in [3.8, 4) is 0 Å². The highest BCUT2D eigenvalue weighted by Crippen LogP contribution is 2.32. The lowest BCUT2D eigenvalue weighted by Gasteiger charge is -2.14. The SMILES string of the molecule is O=C(O)c1cc(Cl)c(NC(=S)NC(=O)c2cccc3c(Cl)cccc23)c(Cl)c1. The third-order valence-corrected chi connectivity index (χ3v) is 5.00. The quantitative estimate of drug-likeness (QED) is 0.448. The predicted octanol–water partition coefficient (Wildman–Crippen LogP) is 5.63. The summed E-state index contributed by atoms with van der Waals surface area (Å²) in [4.78, 5) is 23.7. The fourth-order valence-corrected chi connectivity index (χ4v) is 3.61. The van der Waals surface area contributed by atoms with Gasteiger partial charge in [0, 0.05) is 16.0 Å². The van der Waals surface area contributed by atoms with Crippen LogP contribution in [0.25, 0.3) is 10.8 Å². The Morgan fingerprint density at radius 3 is 2.14 bits per heavy atom. The Morgan fingerprint density at radius 2 is 1.50 bits per heavy atom. The second-order valence-electron chi connectivity index (χ2n) is 5.67. The van der Waals surface area contributed by atoms with Crippen molar-refractivity contribution >= 4 is 80.5 Å². The summed E-state index contributed by atoms with van der Waals surface area (Å²) in [7, 11) is 0. The number of nitrogens with one attached hydrogen (secondary N) is 2. The summed E-state index contributed by atoms with van der Waals surface area (Å²) in [5.41, 5.74) is 0.519. The van der Waals surface area contributed by atoms with Crippen LogP contribution in [0.1, 0.15) is 20.7 Å². The number of carbonyl (C=O) groups excluding carboxylic acids is 1. The molecule has 0 saturated carbocycles. The fourth-order valence-electron chi connectivity index (χ4n) is 2.60. The lowest BCUT2D eigenvalue weighted by Crippen LogP contribution is -2.34. The summed E-state index contributed by atoms with van der Waals surface area (Å²) >= 11 is 23.5. The van der Waals surface area contributed by atoms with Gasteiger partial charge in [-0.25, -0.2) is 4.79 Å². The molecule has 5 nitrogen and oxygen atoms in total. The number of aromatic carboxylic acids is 1. The van der Waals surface area contributed by atoms with Gasteiger partial charge >= 0.3 is 5.97 Å². The standard InChI is InChI=1S/C19H11Cl3N2O3S/c20-13-6-2-3-10-11(13)4-1-5-12(10)17(25)24-19(28)23-16-14(21)7-9(18(26)27)8-15(16)22/h1-8H,(H,26,27)(H2,23,24,25,28). The number of anilines is 1. The van der Waals surface area contributed by atoms with Gasteiger partial charge in [-0.1, -0.05) is 59.1 Å². The number of halogens is 3. The van der Waals surface area contributed by atoms with Crippen LogP contribution in [0.4, 0.5) is 5.69 Å². The van der Waals surface area contributed by atoms with E-state index in [4.69, 9.17) is 52.1 Å². The highest BCUT2D eigenvalue weighted by Gasteiger charge is 2.16. The van der Waals surface area contributed by atoms with Gasteiger partial charge in [-0.15, -0.1) is 0 Å². The van der Waals surface area contributed by atoms with E-state index in [1.165, 1.54) is 12.1 Å². The van der Waals surface area contributed by atoms with Gasteiger partial charge in [-0.2, -0.15) is 0 Å². The Balaban J connectivity index is 1.82. The van der Waals surface area contributed by atoms with E-state index in [0.29, 0.717) is 16.0 Å². The molecular formula is C19H11Cl3N2O3S. The molecule has 0 unspecified atom stereocenters. The minimum atomic E-state index is -1.17. The predicted molar refractivity (Wildman–Crippen MR) is 116 cm³/mol. The average Bonchev–Trinajstić information content (AvgIpc) is 2.64. The van der Waals surface area contributed by atoms with Crippen LogP contribution in [-0.4, -0.2) is 22.1 Å². The van der Waals surface area contributed by atoms with Crippen molar-refractivity contribution in [2.45, 2.75) is 0 Å². The summed E-state index contributed by atoms with van der Waals surface area (Å²) in [6.07, 6.45) is 0. The van der Waals surface area contributed by atoms with Gasteiger partial charge in [0.15, 0.2) is 5.11 Å². The maximum atomic E-state index is 12.7. The first-order valence-corrected chi connectivity index (χ1v) is 9.34. The molecule has 9 heteroatoms. The molecule has 0 aromatic heterocycles. The maximum Gasteiger partial charge on any atom is 0.335 e. The van der Waals surface area contributed by atoms with Gasteiger partial charge < -0.3 is 10.4 Å². The molecule has 0 aliphatic rings. The van der Waals surface area contributed by atoms with Crippen molar-refractivity contribution in [2.24, 2.45) is 0 Å². The molecule has 0 heterocycles. The van der Waals surface area contributed by atoms with Gasteiger partial charge in [-0.3, -0.25) is 10.1 Å². The van der Waals surface area contributed by atoms with E-state index in [9.17, 15) is 9.59 Å². The minimum absolute atomic E-state index is 0.0455. The van der Waals surface area contributed by atoms with E-state index < -0.39 is 11.9 Å². The second kappa shape index (κ2) is 8.32. The summed E-state index contributed by atoms with van der Waals surface area (Å²) in [5.74, 6) is -1.61. The Hall–Kier alpha value is -2.38. The van der Waals surface area contributed by atoms with E-state index in [1.807, 2.05) is 6.07 Å². The average molecular weight is 454 g/mol. The zero-order chi connectivity index (χ0) is 20.4. The smallest absolute Gasteiger partial charge is 0.335 e. The Labute approximate surface area is 180 Å². The monoisotopic (exact) mass is 452 g/mol. The normalized spacial score (nSPS) is 10.5. The van der Waals surface area contributed by atoms with E-state index >= 15 is 0 Å². The molecular weight excluding hydrogens is 443 g/mol. The number of benzene rings is 3. The number of fused-ring (bicyclic) bond motifs is 1. The zero-order valence-corrected chi connectivity index (χ0v) is 17.0. The van der Waals surface area contributed by atoms with Crippen molar-refractivity contribution in [2.75, 3.05) is 5.32 Å². The molecule has 3 rings (SSSR count). The number of carboxylic acid groups (broad SMARTS) is 1. The van der Waals surface area contributed by atoms with Crippen molar-refractivity contribution < 1.29 is 14.7 Å². The van der Waals surface area contributed by atoms with Crippen molar-refractivity contribution in [1.29, 1.82) is 0 Å². The first-order valence-electron chi connectivity index (χ1n) is 7.80. The Bertz CT molecular complexity index is 1110. The van der Waals surface area contributed by atoms with Gasteiger partial charge in [0.05, 0.1) is 21.3 Å². The minimum Gasteiger partial charge on any atom is -0.478 e. The van der Waals surface area contributed by atoms with Crippen LogP contribution in [0.3, 0.4) is 0 Å². The molecule has 0 saturated heterocycles. The zero-order valence-electron chi connectivity index (χ0n) is 13.9. The van der Waals surface area contributed by atoms with Crippen LogP contribution in [0, 0.1) is 0 Å². The Kier molecular flexibility index (Phi) is 6.05. The van der Waals surface area contributed by atoms with Crippen LogP contribution < -0.4 is 10.6 Å². The number of amides is 1. The van der Waals surface area contributed by atoms with E-state index in [-0.39, 0.29) is 26.4 Å². The molecule has 0 spiro atoms. The number of rotatable bonds is 3. The highest BCUT2D eigenvalue weighted by molar-refractivity contribution is 7.80.